The van der Waals surface area contributed by atoms with E-state index in [1.54, 1.807) is 11.3 Å². The summed E-state index contributed by atoms with van der Waals surface area (Å²) >= 11 is 1.59. The van der Waals surface area contributed by atoms with Crippen LogP contribution >= 0.6 is 11.3 Å². The van der Waals surface area contributed by atoms with Crippen LogP contribution in [-0.2, 0) is 17.9 Å². The van der Waals surface area contributed by atoms with Crippen molar-refractivity contribution in [1.29, 1.82) is 0 Å². The molecule has 1 amide bonds. The number of fused-ring (bicyclic) bond motifs is 4. The molecule has 5 rings (SSSR count). The Morgan fingerprint density at radius 1 is 1.27 bits per heavy atom. The molecule has 2 bridgehead atoms. The second kappa shape index (κ2) is 7.76. The van der Waals surface area contributed by atoms with Gasteiger partial charge in [-0.15, -0.1) is 11.3 Å². The summed E-state index contributed by atoms with van der Waals surface area (Å²) in [6.45, 7) is 5.98. The molecule has 3 fully saturated rings. The highest BCUT2D eigenvalue weighted by Gasteiger charge is 2.40. The molecule has 2 atom stereocenters. The van der Waals surface area contributed by atoms with Crippen molar-refractivity contribution >= 4 is 17.2 Å². The van der Waals surface area contributed by atoms with Gasteiger partial charge in [0.05, 0.1) is 30.3 Å². The molecule has 26 heavy (non-hydrogen) atoms. The number of rotatable bonds is 6. The van der Waals surface area contributed by atoms with E-state index in [4.69, 9.17) is 4.74 Å². The van der Waals surface area contributed by atoms with Gasteiger partial charge in [-0.2, -0.15) is 0 Å². The van der Waals surface area contributed by atoms with Gasteiger partial charge < -0.3 is 9.64 Å². The number of hydrogen-bond acceptors (Lipinski definition) is 5. The molecule has 0 aliphatic carbocycles. The molecule has 4 heterocycles. The molecule has 3 aliphatic heterocycles. The molecule has 1 aromatic carbocycles. The Morgan fingerprint density at radius 3 is 3.00 bits per heavy atom. The topological polar surface area (TPSA) is 45.7 Å². The second-order valence-corrected chi connectivity index (χ2v) is 7.87. The van der Waals surface area contributed by atoms with Crippen LogP contribution in [0.15, 0.2) is 35.2 Å². The number of thiazole rings is 1. The minimum atomic E-state index is 0.113. The lowest BCUT2D eigenvalue weighted by molar-refractivity contribution is -0.140. The Labute approximate surface area is 158 Å². The predicted molar refractivity (Wildman–Crippen MR) is 102 cm³/mol. The lowest BCUT2D eigenvalue weighted by atomic mass is 9.94. The molecule has 0 saturated carbocycles. The van der Waals surface area contributed by atoms with E-state index in [0.717, 1.165) is 43.9 Å². The van der Waals surface area contributed by atoms with Gasteiger partial charge in [-0.25, -0.2) is 4.98 Å². The SMILES string of the molecule is CCOc1cccc(CN2C[C@H]3CC[C@@H](C2)N(Cc2cscn2)C3=O)c1. The largest absolute Gasteiger partial charge is 0.494 e. The number of amides is 1. The van der Waals surface area contributed by atoms with Crippen LogP contribution < -0.4 is 4.74 Å². The molecular formula is C20H25N3O2S. The zero-order chi connectivity index (χ0) is 17.9. The van der Waals surface area contributed by atoms with Gasteiger partial charge in [-0.3, -0.25) is 9.69 Å². The molecule has 2 aromatic rings. The number of ether oxygens (including phenoxy) is 1. The standard InChI is InChI=1S/C20H25N3O2S/c1-2-25-19-5-3-4-15(8-19)9-22-10-16-6-7-18(12-22)23(20(16)24)11-17-13-26-14-21-17/h3-5,8,13-14,16,18H,2,6-7,9-12H2,1H3/t16-,18+/m1/s1. The van der Waals surface area contributed by atoms with Gasteiger partial charge in [0.15, 0.2) is 0 Å². The number of carbonyl (C=O) groups is 1. The fourth-order valence-corrected chi connectivity index (χ4v) is 4.67. The first-order chi connectivity index (χ1) is 12.7. The number of piperidine rings is 1. The summed E-state index contributed by atoms with van der Waals surface area (Å²) in [5.74, 6) is 1.34. The zero-order valence-electron chi connectivity index (χ0n) is 15.1. The molecule has 0 unspecified atom stereocenters. The van der Waals surface area contributed by atoms with E-state index < -0.39 is 0 Å². The van der Waals surface area contributed by atoms with E-state index in [1.807, 2.05) is 29.9 Å². The number of aromatic nitrogens is 1. The number of nitrogens with zero attached hydrogens (tertiary/aromatic N) is 3. The highest BCUT2D eigenvalue weighted by Crippen LogP contribution is 2.31. The average Bonchev–Trinajstić information content (AvgIpc) is 3.01. The van der Waals surface area contributed by atoms with Crippen LogP contribution in [0.2, 0.25) is 0 Å². The van der Waals surface area contributed by atoms with Crippen molar-refractivity contribution in [1.82, 2.24) is 14.8 Å². The summed E-state index contributed by atoms with van der Waals surface area (Å²) in [7, 11) is 0. The van der Waals surface area contributed by atoms with E-state index in [0.29, 0.717) is 19.1 Å². The summed E-state index contributed by atoms with van der Waals surface area (Å²) in [6.07, 6.45) is 2.10. The lowest BCUT2D eigenvalue weighted by Gasteiger charge is -2.35. The fourth-order valence-electron chi connectivity index (χ4n) is 4.12. The molecule has 1 aromatic heterocycles. The Balaban J connectivity index is 1.47. The third-order valence-corrected chi connectivity index (χ3v) is 5.94. The number of carbonyl (C=O) groups excluding carboxylic acids is 1. The first-order valence-electron chi connectivity index (χ1n) is 9.34. The zero-order valence-corrected chi connectivity index (χ0v) is 16.0. The quantitative estimate of drug-likeness (QED) is 0.782. The van der Waals surface area contributed by atoms with E-state index in [1.165, 1.54) is 5.56 Å². The summed E-state index contributed by atoms with van der Waals surface area (Å²) in [5.41, 5.74) is 4.09. The third kappa shape index (κ3) is 3.76. The van der Waals surface area contributed by atoms with Crippen molar-refractivity contribution in [3.63, 3.8) is 0 Å². The minimum Gasteiger partial charge on any atom is -0.494 e. The Hall–Kier alpha value is -1.92. The van der Waals surface area contributed by atoms with Gasteiger partial charge in [-0.1, -0.05) is 12.1 Å². The molecular weight excluding hydrogens is 346 g/mol. The van der Waals surface area contributed by atoms with Gasteiger partial charge in [0.1, 0.15) is 5.75 Å². The van der Waals surface area contributed by atoms with Crippen molar-refractivity contribution in [2.75, 3.05) is 19.7 Å². The van der Waals surface area contributed by atoms with E-state index >= 15 is 0 Å². The van der Waals surface area contributed by atoms with Crippen LogP contribution in [0.25, 0.3) is 0 Å². The van der Waals surface area contributed by atoms with Crippen LogP contribution in [0, 0.1) is 5.92 Å². The summed E-state index contributed by atoms with van der Waals surface area (Å²) < 4.78 is 5.62. The van der Waals surface area contributed by atoms with Crippen LogP contribution in [0.5, 0.6) is 5.75 Å². The molecule has 138 valence electrons. The van der Waals surface area contributed by atoms with Crippen molar-refractivity contribution in [3.05, 3.63) is 46.4 Å². The maximum absolute atomic E-state index is 12.9. The Bertz CT molecular complexity index is 749. The van der Waals surface area contributed by atoms with Crippen LogP contribution in [0.3, 0.4) is 0 Å². The van der Waals surface area contributed by atoms with Gasteiger partial charge in [-0.05, 0) is 37.5 Å². The molecule has 6 heteroatoms. The summed E-state index contributed by atoms with van der Waals surface area (Å²) in [5, 5.41) is 2.04. The van der Waals surface area contributed by atoms with Gasteiger partial charge >= 0.3 is 0 Å². The van der Waals surface area contributed by atoms with Crippen molar-refractivity contribution < 1.29 is 9.53 Å². The fraction of sp³-hybridized carbons (Fsp3) is 0.500. The van der Waals surface area contributed by atoms with Gasteiger partial charge in [0.25, 0.3) is 0 Å². The highest BCUT2D eigenvalue weighted by molar-refractivity contribution is 7.07. The molecule has 5 nitrogen and oxygen atoms in total. The van der Waals surface area contributed by atoms with Gasteiger partial charge in [0, 0.05) is 31.1 Å². The monoisotopic (exact) mass is 371 g/mol. The Kier molecular flexibility index (Phi) is 5.22. The number of hydrogen-bond donors (Lipinski definition) is 0. The van der Waals surface area contributed by atoms with E-state index in [2.05, 4.69) is 26.9 Å². The minimum absolute atomic E-state index is 0.113. The predicted octanol–water partition coefficient (Wildman–Crippen LogP) is 3.16. The molecule has 3 aliphatic rings. The lowest BCUT2D eigenvalue weighted by Crippen LogP contribution is -2.47. The smallest absolute Gasteiger partial charge is 0.227 e. The molecule has 0 radical (unpaired) electrons. The van der Waals surface area contributed by atoms with Crippen LogP contribution in [-0.4, -0.2) is 46.4 Å². The Morgan fingerprint density at radius 2 is 2.19 bits per heavy atom. The maximum atomic E-state index is 12.9. The van der Waals surface area contributed by atoms with Crippen LogP contribution in [0.1, 0.15) is 31.0 Å². The van der Waals surface area contributed by atoms with Crippen LogP contribution in [0.4, 0.5) is 0 Å². The van der Waals surface area contributed by atoms with Gasteiger partial charge in [0.2, 0.25) is 5.91 Å². The normalized spacial score (nSPS) is 23.3. The van der Waals surface area contributed by atoms with E-state index in [-0.39, 0.29) is 12.0 Å². The molecule has 3 saturated heterocycles. The summed E-state index contributed by atoms with van der Waals surface area (Å²) in [6, 6.07) is 8.60. The highest BCUT2D eigenvalue weighted by atomic mass is 32.1. The second-order valence-electron chi connectivity index (χ2n) is 7.15. The summed E-state index contributed by atoms with van der Waals surface area (Å²) in [4.78, 5) is 21.8. The third-order valence-electron chi connectivity index (χ3n) is 5.30. The van der Waals surface area contributed by atoms with Crippen molar-refractivity contribution in [2.45, 2.75) is 38.9 Å². The molecule has 0 N–H and O–H groups in total. The average molecular weight is 372 g/mol. The van der Waals surface area contributed by atoms with Crippen molar-refractivity contribution in [3.8, 4) is 5.75 Å². The van der Waals surface area contributed by atoms with E-state index in [9.17, 15) is 4.79 Å². The molecule has 0 spiro atoms. The number of benzene rings is 1. The van der Waals surface area contributed by atoms with Crippen molar-refractivity contribution in [2.24, 2.45) is 5.92 Å². The first kappa shape index (κ1) is 17.5. The maximum Gasteiger partial charge on any atom is 0.227 e. The first-order valence-corrected chi connectivity index (χ1v) is 10.3.